The SMILES string of the molecule is COc1ccc2nc(SCC(=O)N3CCC3)[nH]c2c1. The van der Waals surface area contributed by atoms with Gasteiger partial charge in [0, 0.05) is 19.2 Å². The maximum atomic E-state index is 11.8. The third-order valence-corrected chi connectivity index (χ3v) is 4.07. The van der Waals surface area contributed by atoms with E-state index < -0.39 is 0 Å². The smallest absolute Gasteiger partial charge is 0.233 e. The van der Waals surface area contributed by atoms with Crippen LogP contribution in [0.2, 0.25) is 0 Å². The lowest BCUT2D eigenvalue weighted by atomic mass is 10.2. The number of nitrogens with one attached hydrogen (secondary N) is 1. The zero-order valence-electron chi connectivity index (χ0n) is 10.7. The summed E-state index contributed by atoms with van der Waals surface area (Å²) in [6, 6.07) is 5.69. The van der Waals surface area contributed by atoms with Gasteiger partial charge < -0.3 is 14.6 Å². The molecule has 1 fully saturated rings. The van der Waals surface area contributed by atoms with Crippen molar-refractivity contribution in [3.05, 3.63) is 18.2 Å². The number of thioether (sulfide) groups is 1. The van der Waals surface area contributed by atoms with Crippen LogP contribution in [0.4, 0.5) is 0 Å². The predicted molar refractivity (Wildman–Crippen MR) is 74.6 cm³/mol. The average molecular weight is 277 g/mol. The van der Waals surface area contributed by atoms with E-state index in [1.807, 2.05) is 23.1 Å². The molecular formula is C13H15N3O2S. The van der Waals surface area contributed by atoms with Crippen LogP contribution in [-0.4, -0.2) is 46.7 Å². The minimum absolute atomic E-state index is 0.189. The highest BCUT2D eigenvalue weighted by Crippen LogP contribution is 2.23. The van der Waals surface area contributed by atoms with Gasteiger partial charge in [-0.2, -0.15) is 0 Å². The Morgan fingerprint density at radius 1 is 1.53 bits per heavy atom. The summed E-state index contributed by atoms with van der Waals surface area (Å²) < 4.78 is 5.17. The van der Waals surface area contributed by atoms with Crippen molar-refractivity contribution in [3.8, 4) is 5.75 Å². The van der Waals surface area contributed by atoms with Crippen LogP contribution < -0.4 is 4.74 Å². The van der Waals surface area contributed by atoms with Crippen LogP contribution in [0.3, 0.4) is 0 Å². The number of amides is 1. The van der Waals surface area contributed by atoms with Gasteiger partial charge >= 0.3 is 0 Å². The number of nitrogens with zero attached hydrogens (tertiary/aromatic N) is 2. The summed E-state index contributed by atoms with van der Waals surface area (Å²) in [6.07, 6.45) is 1.13. The minimum atomic E-state index is 0.189. The van der Waals surface area contributed by atoms with Crippen LogP contribution in [0.5, 0.6) is 5.75 Å². The fourth-order valence-electron chi connectivity index (χ4n) is 1.95. The van der Waals surface area contributed by atoms with Crippen molar-refractivity contribution < 1.29 is 9.53 Å². The number of aromatic nitrogens is 2. The largest absolute Gasteiger partial charge is 0.497 e. The second-order valence-electron chi connectivity index (χ2n) is 4.45. The number of aromatic amines is 1. The van der Waals surface area contributed by atoms with Crippen LogP contribution in [0.15, 0.2) is 23.4 Å². The van der Waals surface area contributed by atoms with Gasteiger partial charge in [0.1, 0.15) is 5.75 Å². The lowest BCUT2D eigenvalue weighted by molar-refractivity contribution is -0.131. The van der Waals surface area contributed by atoms with Gasteiger partial charge in [-0.15, -0.1) is 0 Å². The Balaban J connectivity index is 1.69. The molecule has 0 radical (unpaired) electrons. The van der Waals surface area contributed by atoms with Gasteiger partial charge in [-0.05, 0) is 18.6 Å². The molecule has 0 aliphatic carbocycles. The first-order chi connectivity index (χ1) is 9.26. The summed E-state index contributed by atoms with van der Waals surface area (Å²) in [5.41, 5.74) is 1.82. The first kappa shape index (κ1) is 12.3. The molecule has 1 aliphatic rings. The molecule has 1 saturated heterocycles. The Morgan fingerprint density at radius 2 is 2.37 bits per heavy atom. The van der Waals surface area contributed by atoms with E-state index in [1.54, 1.807) is 7.11 Å². The van der Waals surface area contributed by atoms with E-state index >= 15 is 0 Å². The number of ether oxygens (including phenoxy) is 1. The van der Waals surface area contributed by atoms with Gasteiger partial charge in [0.05, 0.1) is 23.9 Å². The topological polar surface area (TPSA) is 58.2 Å². The molecule has 19 heavy (non-hydrogen) atoms. The Hall–Kier alpha value is -1.69. The van der Waals surface area contributed by atoms with Gasteiger partial charge in [0.2, 0.25) is 5.91 Å². The molecule has 100 valence electrons. The monoisotopic (exact) mass is 277 g/mol. The van der Waals surface area contributed by atoms with Crippen LogP contribution in [0.25, 0.3) is 11.0 Å². The molecule has 0 unspecified atom stereocenters. The second-order valence-corrected chi connectivity index (χ2v) is 5.41. The van der Waals surface area contributed by atoms with Crippen molar-refractivity contribution in [2.45, 2.75) is 11.6 Å². The fourth-order valence-corrected chi connectivity index (χ4v) is 2.74. The zero-order valence-corrected chi connectivity index (χ0v) is 11.5. The summed E-state index contributed by atoms with van der Waals surface area (Å²) in [5.74, 6) is 1.43. The number of hydrogen-bond donors (Lipinski definition) is 1. The first-order valence-electron chi connectivity index (χ1n) is 6.20. The minimum Gasteiger partial charge on any atom is -0.497 e. The lowest BCUT2D eigenvalue weighted by Gasteiger charge is -2.30. The maximum Gasteiger partial charge on any atom is 0.233 e. The van der Waals surface area contributed by atoms with Gasteiger partial charge in [0.15, 0.2) is 5.16 Å². The molecule has 6 heteroatoms. The van der Waals surface area contributed by atoms with Crippen molar-refractivity contribution >= 4 is 28.7 Å². The number of imidazole rings is 1. The Morgan fingerprint density at radius 3 is 3.05 bits per heavy atom. The molecule has 0 spiro atoms. The number of rotatable bonds is 4. The molecule has 1 aromatic carbocycles. The van der Waals surface area contributed by atoms with Crippen LogP contribution in [0.1, 0.15) is 6.42 Å². The number of hydrogen-bond acceptors (Lipinski definition) is 4. The quantitative estimate of drug-likeness (QED) is 0.867. The summed E-state index contributed by atoms with van der Waals surface area (Å²) in [7, 11) is 1.64. The van der Waals surface area contributed by atoms with Crippen LogP contribution in [0, 0.1) is 0 Å². The van der Waals surface area contributed by atoms with Crippen LogP contribution in [-0.2, 0) is 4.79 Å². The Labute approximate surface area is 115 Å². The standard InChI is InChI=1S/C13H15N3O2S/c1-18-9-3-4-10-11(7-9)15-13(14-10)19-8-12(17)16-5-2-6-16/h3-4,7H,2,5-6,8H2,1H3,(H,14,15). The van der Waals surface area contributed by atoms with E-state index in [2.05, 4.69) is 9.97 Å². The lowest BCUT2D eigenvalue weighted by Crippen LogP contribution is -2.43. The summed E-state index contributed by atoms with van der Waals surface area (Å²) in [4.78, 5) is 21.3. The molecule has 2 heterocycles. The van der Waals surface area contributed by atoms with E-state index in [9.17, 15) is 4.79 Å². The highest BCUT2D eigenvalue weighted by atomic mass is 32.2. The van der Waals surface area contributed by atoms with Gasteiger partial charge in [0.25, 0.3) is 0 Å². The first-order valence-corrected chi connectivity index (χ1v) is 7.19. The Bertz CT molecular complexity index is 607. The predicted octanol–water partition coefficient (Wildman–Crippen LogP) is 1.90. The molecule has 1 amide bonds. The Kier molecular flexibility index (Phi) is 3.33. The summed E-state index contributed by atoms with van der Waals surface area (Å²) in [5, 5.41) is 0.775. The van der Waals surface area contributed by atoms with Crippen molar-refractivity contribution in [2.75, 3.05) is 26.0 Å². The maximum absolute atomic E-state index is 11.8. The molecule has 0 bridgehead atoms. The number of benzene rings is 1. The molecule has 1 N–H and O–H groups in total. The van der Waals surface area contributed by atoms with Gasteiger partial charge in [-0.3, -0.25) is 4.79 Å². The zero-order chi connectivity index (χ0) is 13.2. The normalized spacial score (nSPS) is 14.5. The molecule has 5 nitrogen and oxygen atoms in total. The van der Waals surface area contributed by atoms with Crippen LogP contribution >= 0.6 is 11.8 Å². The van der Waals surface area contributed by atoms with E-state index in [0.29, 0.717) is 5.75 Å². The number of H-pyrrole nitrogens is 1. The average Bonchev–Trinajstić information content (AvgIpc) is 2.75. The molecule has 1 aromatic heterocycles. The van der Waals surface area contributed by atoms with Crippen molar-refractivity contribution in [2.24, 2.45) is 0 Å². The second kappa shape index (κ2) is 5.13. The van der Waals surface area contributed by atoms with E-state index in [0.717, 1.165) is 41.4 Å². The van der Waals surface area contributed by atoms with E-state index in [1.165, 1.54) is 11.8 Å². The van der Waals surface area contributed by atoms with E-state index in [4.69, 9.17) is 4.74 Å². The van der Waals surface area contributed by atoms with Crippen molar-refractivity contribution in [1.29, 1.82) is 0 Å². The number of carbonyl (C=O) groups is 1. The molecular weight excluding hydrogens is 262 g/mol. The third-order valence-electron chi connectivity index (χ3n) is 3.21. The van der Waals surface area contributed by atoms with Gasteiger partial charge in [-0.1, -0.05) is 11.8 Å². The van der Waals surface area contributed by atoms with Gasteiger partial charge in [-0.25, -0.2) is 4.98 Å². The molecule has 2 aromatic rings. The highest BCUT2D eigenvalue weighted by molar-refractivity contribution is 7.99. The summed E-state index contributed by atoms with van der Waals surface area (Å²) in [6.45, 7) is 1.80. The van der Waals surface area contributed by atoms with E-state index in [-0.39, 0.29) is 5.91 Å². The van der Waals surface area contributed by atoms with Crippen molar-refractivity contribution in [3.63, 3.8) is 0 Å². The number of fused-ring (bicyclic) bond motifs is 1. The fraction of sp³-hybridized carbons (Fsp3) is 0.385. The number of carbonyl (C=O) groups excluding carboxylic acids is 1. The molecule has 3 rings (SSSR count). The third kappa shape index (κ3) is 2.53. The number of likely N-dealkylation sites (tertiary alicyclic amines) is 1. The van der Waals surface area contributed by atoms with Crippen molar-refractivity contribution in [1.82, 2.24) is 14.9 Å². The molecule has 1 aliphatic heterocycles. The molecule has 0 saturated carbocycles. The molecule has 0 atom stereocenters. The highest BCUT2D eigenvalue weighted by Gasteiger charge is 2.20. The number of methoxy groups -OCH3 is 1. The summed E-state index contributed by atoms with van der Waals surface area (Å²) >= 11 is 1.45.